The van der Waals surface area contributed by atoms with Crippen LogP contribution < -0.4 is 92.7 Å². The molecule has 0 amide bonds. The molecule has 0 fully saturated rings. The van der Waals surface area contributed by atoms with Crippen LogP contribution >= 0.6 is 80.0 Å². The van der Waals surface area contributed by atoms with Crippen molar-refractivity contribution in [3.05, 3.63) is 142 Å². The Morgan fingerprint density at radius 1 is 0.509 bits per heavy atom. The fourth-order valence-electron chi connectivity index (χ4n) is 9.40. The van der Waals surface area contributed by atoms with Crippen LogP contribution in [-0.4, -0.2) is 124 Å². The van der Waals surface area contributed by atoms with Crippen LogP contribution in [0.3, 0.4) is 0 Å². The topological polar surface area (TPSA) is 412 Å². The first-order chi connectivity index (χ1) is 51.6. The molecule has 0 saturated heterocycles. The number of nitrogens with zero attached hydrogens (tertiary/aromatic N) is 13. The molecular weight excluding hydrogens is 1550 g/mol. The van der Waals surface area contributed by atoms with Gasteiger partial charge in [0.1, 0.15) is 46.3 Å². The van der Waals surface area contributed by atoms with Gasteiger partial charge in [0.15, 0.2) is 5.82 Å². The summed E-state index contributed by atoms with van der Waals surface area (Å²) in [5, 5.41) is 43.2. The van der Waals surface area contributed by atoms with Gasteiger partial charge >= 0.3 is 29.6 Å². The summed E-state index contributed by atoms with van der Waals surface area (Å²) in [4.78, 5) is 45.6. The van der Waals surface area contributed by atoms with E-state index in [1.165, 1.54) is 23.5 Å². The first kappa shape index (κ1) is 94.4. The summed E-state index contributed by atoms with van der Waals surface area (Å²) in [5.41, 5.74) is 30.4. The molecule has 9 aromatic rings. The number of alkyl halides is 1. The normalized spacial score (nSPS) is 10.3. The number of ether oxygens (including phenoxy) is 4. The number of nitrogens with one attached hydrogen (secondary N) is 5. The van der Waals surface area contributed by atoms with Crippen LogP contribution in [0.1, 0.15) is 130 Å². The number of hydrogen-bond donors (Lipinski definition) is 10. The number of rotatable bonds is 33. The van der Waals surface area contributed by atoms with E-state index in [0.29, 0.717) is 24.7 Å². The standard InChI is InChI=1S/C18H24N8OS.C18H23N5OS.C17H23ClN4OS.C17H24N4O2S.CN.Cl2OS.Na/c1-4-5-8-20-17-16(11(2)21-18(19)22-17)28-14-9-12(6-7-13(14)27-3)10-15-23-25-26-24-15;1-5-6-9-21-17-16(12(2)22-18(19)23-17)25-15-10-13(11-20-3)7-8-14(15)24-4;1-4-5-8-20-16-15(11(2)21-17(19)22-16)24-14-9-12(10-18)6-7-13(14)23-3;1-4-5-8-19-16-15(11(2)20-17(18)21-16)24-14-9-12(10-22)6-7-13(14)23-3;1-2;1-4(2)3;/h6-7,9H,4-5,8,10H2,1-3H3,(H3,19,20,21,22)(H,23,24,25,26);7-8,10H,5-6,9,11H2,1-2,4H3,(H3,19,21,22,23);6-7,9H,4-5,8,10H2,1-3H3,(H3,19,20,21,22);6-7,9,22H,4-5,8,10H2,1-3H3,(H3,18,19,20,21);;;/q;;;;-1;;+1. The van der Waals surface area contributed by atoms with Gasteiger partial charge in [0, 0.05) is 65.4 Å². The average molecular weight is 1640 g/mol. The van der Waals surface area contributed by atoms with E-state index in [2.05, 4.69) is 142 Å². The Kier molecular flexibility index (Phi) is 45.8. The van der Waals surface area contributed by atoms with Crippen molar-refractivity contribution in [1.82, 2.24) is 60.5 Å². The number of methoxy groups -OCH3 is 4. The minimum atomic E-state index is -1.67. The summed E-state index contributed by atoms with van der Waals surface area (Å²) >= 11 is 12.1. The van der Waals surface area contributed by atoms with Gasteiger partial charge in [-0.15, -0.1) is 21.8 Å². The molecule has 0 aliphatic heterocycles. The van der Waals surface area contributed by atoms with Crippen LogP contribution in [0.4, 0.5) is 47.1 Å². The third-order valence-electron chi connectivity index (χ3n) is 14.6. The molecule has 28 nitrogen and oxygen atoms in total. The Bertz CT molecular complexity index is 4190. The Hall–Kier alpha value is -7.77. The van der Waals surface area contributed by atoms with Crippen LogP contribution in [0, 0.1) is 46.1 Å². The molecular formula is C71H94Cl3N22NaO6S5. The number of aromatic nitrogens is 12. The molecule has 4 aromatic carbocycles. The number of hydrogen-bond acceptors (Lipinski definition) is 30. The third-order valence-corrected chi connectivity index (χ3v) is 19.8. The first-order valence-electron chi connectivity index (χ1n) is 33.7. The van der Waals surface area contributed by atoms with Gasteiger partial charge < -0.3 is 84.9 Å². The molecule has 576 valence electrons. The number of aromatic amines is 1. The summed E-state index contributed by atoms with van der Waals surface area (Å²) in [5.74, 6) is 8.19. The number of aliphatic hydroxyl groups excluding tert-OH is 1. The molecule has 0 radical (unpaired) electrons. The molecule has 0 bridgehead atoms. The number of benzene rings is 4. The maximum absolute atomic E-state index is 9.38. The number of unbranched alkanes of at least 4 members (excludes halogenated alkanes) is 4. The zero-order chi connectivity index (χ0) is 78.8. The predicted octanol–water partition coefficient (Wildman–Crippen LogP) is 12.9. The maximum atomic E-state index is 9.38. The molecule has 9 rings (SSSR count). The van der Waals surface area contributed by atoms with Crippen molar-refractivity contribution in [2.24, 2.45) is 0 Å². The van der Waals surface area contributed by atoms with Crippen LogP contribution in [0.15, 0.2) is 112 Å². The fourth-order valence-corrected chi connectivity index (χ4v) is 13.9. The molecule has 0 atom stereocenters. The molecule has 0 aliphatic rings. The van der Waals surface area contributed by atoms with E-state index >= 15 is 0 Å². The van der Waals surface area contributed by atoms with Gasteiger partial charge in [-0.05, 0) is 125 Å². The molecule has 0 unspecified atom stereocenters. The molecule has 37 heteroatoms. The van der Waals surface area contributed by atoms with E-state index in [1.54, 1.807) is 52.0 Å². The van der Waals surface area contributed by atoms with Gasteiger partial charge in [0.25, 0.3) is 0 Å². The zero-order valence-corrected chi connectivity index (χ0v) is 71.4. The zero-order valence-electron chi connectivity index (χ0n) is 63.0. The molecule has 0 aliphatic carbocycles. The van der Waals surface area contributed by atoms with Crippen LogP contribution in [0.2, 0.25) is 0 Å². The van der Waals surface area contributed by atoms with Gasteiger partial charge in [0.05, 0.1) is 97.0 Å². The number of nitrogens with two attached hydrogens (primary N) is 4. The molecule has 14 N–H and O–H groups in total. The van der Waals surface area contributed by atoms with Crippen molar-refractivity contribution >= 4 is 136 Å². The molecule has 0 saturated carbocycles. The fraction of sp³-hybridized carbons (Fsp3) is 0.394. The Morgan fingerprint density at radius 3 is 1.07 bits per heavy atom. The quantitative estimate of drug-likeness (QED) is 0.00600. The second-order valence-corrected chi connectivity index (χ2v) is 29.6. The summed E-state index contributed by atoms with van der Waals surface area (Å²) < 4.78 is 31.0. The summed E-state index contributed by atoms with van der Waals surface area (Å²) in [6, 6.07) is 23.3. The maximum Gasteiger partial charge on any atom is 1.00 e. The number of tetrazole rings is 1. The predicted molar refractivity (Wildman–Crippen MR) is 434 cm³/mol. The third kappa shape index (κ3) is 32.0. The Balaban J connectivity index is 0.000000363. The van der Waals surface area contributed by atoms with Gasteiger partial charge in [-0.25, -0.2) is 30.7 Å². The van der Waals surface area contributed by atoms with Gasteiger partial charge in [-0.1, -0.05) is 124 Å². The first-order valence-corrected chi connectivity index (χ1v) is 40.3. The summed E-state index contributed by atoms with van der Waals surface area (Å²) in [6.45, 7) is 31.7. The van der Waals surface area contributed by atoms with Gasteiger partial charge in [-0.3, -0.25) is 0 Å². The van der Waals surface area contributed by atoms with Crippen LogP contribution in [0.25, 0.3) is 4.85 Å². The Labute approximate surface area is 688 Å². The number of anilines is 8. The molecule has 108 heavy (non-hydrogen) atoms. The number of H-pyrrole nitrogens is 1. The largest absolute Gasteiger partial charge is 1.00 e. The van der Waals surface area contributed by atoms with E-state index in [-0.39, 0.29) is 60.0 Å². The van der Waals surface area contributed by atoms with Crippen molar-refractivity contribution in [1.29, 1.82) is 5.26 Å². The SMILES string of the molecule is CCCCNc1nc(N)nc(C)c1Sc1cc(CCl)ccc1OC.CCCCNc1nc(N)nc(C)c1Sc1cc(CO)ccc1OC.CCCCNc1nc(N)nc(C)c1Sc1cc(Cc2nn[nH]n2)ccc1OC.O=S(Cl)Cl.[C-]#N.[C-]#[N+]Cc1ccc(OC)c(Sc2c(C)nc(N)nc2NCCCC)c1.[Na+]. The van der Waals surface area contributed by atoms with Crippen molar-refractivity contribution in [2.45, 2.75) is 171 Å². The van der Waals surface area contributed by atoms with E-state index in [9.17, 15) is 5.11 Å². The smallest absolute Gasteiger partial charge is 0.512 e. The number of aliphatic hydroxyl groups is 1. The van der Waals surface area contributed by atoms with Crippen molar-refractivity contribution in [3.8, 4) is 23.0 Å². The number of aryl methyl sites for hydroxylation is 4. The van der Waals surface area contributed by atoms with E-state index in [4.69, 9.17) is 76.1 Å². The van der Waals surface area contributed by atoms with Crippen molar-refractivity contribution < 1.29 is 57.8 Å². The van der Waals surface area contributed by atoms with E-state index in [1.807, 2.05) is 94.4 Å². The molecule has 5 heterocycles. The van der Waals surface area contributed by atoms with Crippen molar-refractivity contribution in [3.63, 3.8) is 0 Å². The number of nitrogen functional groups attached to an aromatic ring is 4. The van der Waals surface area contributed by atoms with Crippen LogP contribution in [0.5, 0.6) is 23.0 Å². The average Bonchev–Trinajstić information content (AvgIpc) is 0.955. The Morgan fingerprint density at radius 2 is 0.796 bits per heavy atom. The van der Waals surface area contributed by atoms with Gasteiger partial charge in [0.2, 0.25) is 39.6 Å². The van der Waals surface area contributed by atoms with E-state index < -0.39 is 9.23 Å². The minimum absolute atomic E-state index is 0. The summed E-state index contributed by atoms with van der Waals surface area (Å²) in [6.07, 6.45) is 9.21. The van der Waals surface area contributed by atoms with E-state index in [0.717, 1.165) is 208 Å². The monoisotopic (exact) mass is 1640 g/mol. The van der Waals surface area contributed by atoms with Crippen molar-refractivity contribution in [2.75, 3.05) is 98.8 Å². The minimum Gasteiger partial charge on any atom is -0.512 e. The number of halogens is 3. The second kappa shape index (κ2) is 52.4. The summed E-state index contributed by atoms with van der Waals surface area (Å²) in [7, 11) is 13.9. The van der Waals surface area contributed by atoms with Crippen LogP contribution in [-0.2, 0) is 34.7 Å². The molecule has 5 aromatic heterocycles. The van der Waals surface area contributed by atoms with Gasteiger partial charge in [-0.2, -0.15) is 25.1 Å². The molecule has 0 spiro atoms. The second-order valence-electron chi connectivity index (χ2n) is 22.6.